The number of hydrogen-bond donors (Lipinski definition) is 2. The van der Waals surface area contributed by atoms with Crippen LogP contribution in [0.2, 0.25) is 0 Å². The van der Waals surface area contributed by atoms with Crippen molar-refractivity contribution in [3.8, 4) is 0 Å². The van der Waals surface area contributed by atoms with E-state index in [0.717, 1.165) is 11.4 Å². The van der Waals surface area contributed by atoms with Crippen LogP contribution in [0.4, 0.5) is 28.7 Å². The number of benzene rings is 2. The summed E-state index contributed by atoms with van der Waals surface area (Å²) in [6.07, 6.45) is 0. The maximum atomic E-state index is 12.2. The Morgan fingerprint density at radius 3 is 2.31 bits per heavy atom. The van der Waals surface area contributed by atoms with E-state index in [1.54, 1.807) is 25.1 Å². The first-order chi connectivity index (χ1) is 14.0. The third-order valence-corrected chi connectivity index (χ3v) is 4.18. The van der Waals surface area contributed by atoms with Gasteiger partial charge in [0.25, 0.3) is 0 Å². The molecule has 0 saturated heterocycles. The Hall–Kier alpha value is -3.61. The average Bonchev–Trinajstić information content (AvgIpc) is 2.68. The molecule has 150 valence electrons. The molecule has 0 aliphatic carbocycles. The third kappa shape index (κ3) is 5.22. The summed E-state index contributed by atoms with van der Waals surface area (Å²) in [6, 6.07) is 17.0. The first-order valence-corrected chi connectivity index (χ1v) is 9.39. The van der Waals surface area contributed by atoms with Gasteiger partial charge in [-0.2, -0.15) is 0 Å². The molecule has 0 unspecified atom stereocenters. The largest absolute Gasteiger partial charge is 0.462 e. The van der Waals surface area contributed by atoms with E-state index in [2.05, 4.69) is 20.6 Å². The Kier molecular flexibility index (Phi) is 6.29. The Labute approximate surface area is 170 Å². The van der Waals surface area contributed by atoms with Crippen LogP contribution in [0.15, 0.2) is 54.6 Å². The van der Waals surface area contributed by atoms with E-state index < -0.39 is 0 Å². The van der Waals surface area contributed by atoms with Gasteiger partial charge in [0.05, 0.1) is 17.9 Å². The van der Waals surface area contributed by atoms with Crippen molar-refractivity contribution in [2.24, 2.45) is 0 Å². The van der Waals surface area contributed by atoms with Crippen LogP contribution in [0.5, 0.6) is 0 Å². The van der Waals surface area contributed by atoms with Crippen LogP contribution >= 0.6 is 0 Å². The van der Waals surface area contributed by atoms with Crippen LogP contribution in [0.1, 0.15) is 23.1 Å². The molecule has 0 saturated carbocycles. The van der Waals surface area contributed by atoms with Crippen LogP contribution in [0.25, 0.3) is 0 Å². The molecule has 7 heteroatoms. The van der Waals surface area contributed by atoms with E-state index in [9.17, 15) is 4.79 Å². The SMILES string of the molecule is CCOC(=O)c1ccccc1Nc1cc(Nc2ccc(N(C)C)cc2)nc(C)n1. The molecule has 1 heterocycles. The van der Waals surface area contributed by atoms with E-state index in [1.165, 1.54) is 0 Å². The van der Waals surface area contributed by atoms with Gasteiger partial charge in [-0.25, -0.2) is 14.8 Å². The van der Waals surface area contributed by atoms with Crippen LogP contribution in [0.3, 0.4) is 0 Å². The molecule has 2 aromatic carbocycles. The van der Waals surface area contributed by atoms with E-state index in [0.29, 0.717) is 35.3 Å². The highest BCUT2D eigenvalue weighted by atomic mass is 16.5. The first-order valence-electron chi connectivity index (χ1n) is 9.39. The molecule has 0 fully saturated rings. The predicted octanol–water partition coefficient (Wildman–Crippen LogP) is 4.51. The van der Waals surface area contributed by atoms with Crippen molar-refractivity contribution in [1.82, 2.24) is 9.97 Å². The summed E-state index contributed by atoms with van der Waals surface area (Å²) in [5.41, 5.74) is 3.13. The number of aryl methyl sites for hydroxylation is 1. The van der Waals surface area contributed by atoms with Crippen molar-refractivity contribution >= 4 is 34.7 Å². The molecule has 0 atom stereocenters. The summed E-state index contributed by atoms with van der Waals surface area (Å²) in [7, 11) is 4.00. The number of aromatic nitrogens is 2. The van der Waals surface area contributed by atoms with Crippen LogP contribution in [-0.2, 0) is 4.74 Å². The molecule has 0 spiro atoms. The van der Waals surface area contributed by atoms with Gasteiger partial charge in [-0.1, -0.05) is 12.1 Å². The minimum absolute atomic E-state index is 0.320. The number of ether oxygens (including phenoxy) is 1. The summed E-state index contributed by atoms with van der Waals surface area (Å²) in [5.74, 6) is 1.48. The number of carbonyl (C=O) groups excluding carboxylic acids is 1. The van der Waals surface area contributed by atoms with Gasteiger partial charge < -0.3 is 20.3 Å². The van der Waals surface area contributed by atoms with Gasteiger partial charge in [0.1, 0.15) is 17.5 Å². The molecule has 2 N–H and O–H groups in total. The van der Waals surface area contributed by atoms with Gasteiger partial charge in [-0.15, -0.1) is 0 Å². The van der Waals surface area contributed by atoms with Gasteiger partial charge in [-0.3, -0.25) is 0 Å². The molecule has 1 aromatic heterocycles. The summed E-state index contributed by atoms with van der Waals surface area (Å²) in [6.45, 7) is 3.92. The molecule has 3 rings (SSSR count). The number of anilines is 5. The van der Waals surface area contributed by atoms with Crippen molar-refractivity contribution in [1.29, 1.82) is 0 Å². The monoisotopic (exact) mass is 391 g/mol. The topological polar surface area (TPSA) is 79.4 Å². The number of rotatable bonds is 7. The standard InChI is InChI=1S/C22H25N5O2/c1-5-29-22(28)18-8-6-7-9-19(18)26-21-14-20(23-15(2)24-21)25-16-10-12-17(13-11-16)27(3)4/h6-14H,5H2,1-4H3,(H2,23,24,25,26). The molecule has 3 aromatic rings. The van der Waals surface area contributed by atoms with E-state index in [-0.39, 0.29) is 5.97 Å². The normalized spacial score (nSPS) is 10.3. The van der Waals surface area contributed by atoms with Gasteiger partial charge in [-0.05, 0) is 50.2 Å². The van der Waals surface area contributed by atoms with Gasteiger partial charge in [0, 0.05) is 31.5 Å². The fourth-order valence-electron chi connectivity index (χ4n) is 2.80. The lowest BCUT2D eigenvalue weighted by atomic mass is 10.2. The van der Waals surface area contributed by atoms with Crippen LogP contribution in [-0.4, -0.2) is 36.6 Å². The second kappa shape index (κ2) is 9.05. The van der Waals surface area contributed by atoms with Gasteiger partial charge in [0.15, 0.2) is 0 Å². The zero-order valence-corrected chi connectivity index (χ0v) is 17.1. The third-order valence-electron chi connectivity index (χ3n) is 4.18. The number of esters is 1. The molecule has 29 heavy (non-hydrogen) atoms. The Bertz CT molecular complexity index is 987. The minimum Gasteiger partial charge on any atom is -0.462 e. The lowest BCUT2D eigenvalue weighted by Crippen LogP contribution is -2.09. The zero-order valence-electron chi connectivity index (χ0n) is 17.1. The summed E-state index contributed by atoms with van der Waals surface area (Å²) in [4.78, 5) is 23.1. The quantitative estimate of drug-likeness (QED) is 0.574. The summed E-state index contributed by atoms with van der Waals surface area (Å²) >= 11 is 0. The van der Waals surface area contributed by atoms with Crippen molar-refractivity contribution in [2.45, 2.75) is 13.8 Å². The van der Waals surface area contributed by atoms with Crippen molar-refractivity contribution in [2.75, 3.05) is 36.2 Å². The molecule has 0 bridgehead atoms. The highest BCUT2D eigenvalue weighted by Gasteiger charge is 2.13. The Balaban J connectivity index is 1.82. The van der Waals surface area contributed by atoms with E-state index in [1.807, 2.05) is 62.3 Å². The summed E-state index contributed by atoms with van der Waals surface area (Å²) < 4.78 is 5.13. The van der Waals surface area contributed by atoms with Crippen LogP contribution < -0.4 is 15.5 Å². The maximum absolute atomic E-state index is 12.2. The van der Waals surface area contributed by atoms with Crippen LogP contribution in [0, 0.1) is 6.92 Å². The fraction of sp³-hybridized carbons (Fsp3) is 0.227. The Morgan fingerprint density at radius 1 is 1.00 bits per heavy atom. The molecule has 0 radical (unpaired) electrons. The summed E-state index contributed by atoms with van der Waals surface area (Å²) in [5, 5.41) is 6.50. The molecular formula is C22H25N5O2. The second-order valence-electron chi connectivity index (χ2n) is 6.64. The number of nitrogens with zero attached hydrogens (tertiary/aromatic N) is 3. The predicted molar refractivity (Wildman–Crippen MR) is 117 cm³/mol. The van der Waals surface area contributed by atoms with Gasteiger partial charge in [0.2, 0.25) is 0 Å². The lowest BCUT2D eigenvalue weighted by molar-refractivity contribution is 0.0527. The van der Waals surface area contributed by atoms with Crippen molar-refractivity contribution < 1.29 is 9.53 Å². The molecule has 7 nitrogen and oxygen atoms in total. The average molecular weight is 391 g/mol. The lowest BCUT2D eigenvalue weighted by Gasteiger charge is -2.14. The highest BCUT2D eigenvalue weighted by molar-refractivity contribution is 5.96. The number of para-hydroxylation sites is 1. The van der Waals surface area contributed by atoms with Gasteiger partial charge >= 0.3 is 5.97 Å². The number of carbonyl (C=O) groups is 1. The Morgan fingerprint density at radius 2 is 1.66 bits per heavy atom. The number of hydrogen-bond acceptors (Lipinski definition) is 7. The first kappa shape index (κ1) is 20.1. The van der Waals surface area contributed by atoms with Crippen molar-refractivity contribution in [3.63, 3.8) is 0 Å². The smallest absolute Gasteiger partial charge is 0.340 e. The second-order valence-corrected chi connectivity index (χ2v) is 6.64. The van der Waals surface area contributed by atoms with E-state index in [4.69, 9.17) is 4.74 Å². The zero-order chi connectivity index (χ0) is 20.8. The molecule has 0 aliphatic rings. The van der Waals surface area contributed by atoms with Crippen molar-refractivity contribution in [3.05, 3.63) is 66.0 Å². The number of nitrogens with one attached hydrogen (secondary N) is 2. The van der Waals surface area contributed by atoms with E-state index >= 15 is 0 Å². The fourth-order valence-corrected chi connectivity index (χ4v) is 2.80. The highest BCUT2D eigenvalue weighted by Crippen LogP contribution is 2.24. The molecule has 0 amide bonds. The minimum atomic E-state index is -0.374. The molecular weight excluding hydrogens is 366 g/mol. The maximum Gasteiger partial charge on any atom is 0.340 e. The molecule has 0 aliphatic heterocycles.